The van der Waals surface area contributed by atoms with Gasteiger partial charge < -0.3 is 15.5 Å². The van der Waals surface area contributed by atoms with Crippen LogP contribution in [-0.4, -0.2) is 43.2 Å². The van der Waals surface area contributed by atoms with Gasteiger partial charge in [-0.15, -0.1) is 0 Å². The van der Waals surface area contributed by atoms with Crippen LogP contribution in [-0.2, 0) is 0 Å². The third-order valence-electron chi connectivity index (χ3n) is 3.44. The van der Waals surface area contributed by atoms with E-state index < -0.39 is 0 Å². The summed E-state index contributed by atoms with van der Waals surface area (Å²) in [6, 6.07) is 12.1. The van der Waals surface area contributed by atoms with Gasteiger partial charge in [0.1, 0.15) is 11.6 Å². The topological polar surface area (TPSA) is 53.1 Å². The lowest BCUT2D eigenvalue weighted by molar-refractivity contribution is 0.585. The highest BCUT2D eigenvalue weighted by Crippen LogP contribution is 2.22. The van der Waals surface area contributed by atoms with Gasteiger partial charge in [-0.05, 0) is 0 Å². The molecule has 1 aliphatic rings. The van der Waals surface area contributed by atoms with E-state index in [2.05, 4.69) is 20.5 Å². The SMILES string of the molecule is CNc1cc(N2CCNCC2)nc(-c2ccccc2)n1. The Labute approximate surface area is 119 Å². The number of nitrogens with one attached hydrogen (secondary N) is 2. The van der Waals surface area contributed by atoms with Gasteiger partial charge in [-0.3, -0.25) is 0 Å². The highest BCUT2D eigenvalue weighted by atomic mass is 15.2. The van der Waals surface area contributed by atoms with Crippen molar-refractivity contribution in [3.63, 3.8) is 0 Å². The Morgan fingerprint density at radius 2 is 1.85 bits per heavy atom. The molecule has 5 nitrogen and oxygen atoms in total. The fourth-order valence-corrected chi connectivity index (χ4v) is 2.33. The van der Waals surface area contributed by atoms with E-state index >= 15 is 0 Å². The second kappa shape index (κ2) is 5.88. The Bertz CT molecular complexity index is 564. The molecule has 1 aromatic carbocycles. The van der Waals surface area contributed by atoms with Gasteiger partial charge in [0.25, 0.3) is 0 Å². The maximum atomic E-state index is 4.72. The molecule has 5 heteroatoms. The first kappa shape index (κ1) is 12.9. The zero-order valence-corrected chi connectivity index (χ0v) is 11.6. The largest absolute Gasteiger partial charge is 0.373 e. The molecule has 0 radical (unpaired) electrons. The summed E-state index contributed by atoms with van der Waals surface area (Å²) in [5, 5.41) is 6.48. The molecule has 2 aromatic rings. The molecular weight excluding hydrogens is 250 g/mol. The maximum Gasteiger partial charge on any atom is 0.163 e. The predicted octanol–water partition coefficient (Wildman–Crippen LogP) is 1.59. The standard InChI is InChI=1S/C15H19N5/c1-16-13-11-14(20-9-7-17-8-10-20)19-15(18-13)12-5-3-2-4-6-12/h2-6,11,17H,7-10H2,1H3,(H,16,18,19). The Balaban J connectivity index is 1.98. The molecule has 1 aliphatic heterocycles. The highest BCUT2D eigenvalue weighted by Gasteiger charge is 2.14. The fraction of sp³-hybridized carbons (Fsp3) is 0.333. The van der Waals surface area contributed by atoms with Crippen LogP contribution in [0.25, 0.3) is 11.4 Å². The Morgan fingerprint density at radius 1 is 1.10 bits per heavy atom. The average Bonchev–Trinajstić information content (AvgIpc) is 2.56. The van der Waals surface area contributed by atoms with Crippen molar-refractivity contribution in [3.8, 4) is 11.4 Å². The molecule has 1 fully saturated rings. The molecule has 104 valence electrons. The van der Waals surface area contributed by atoms with E-state index in [1.54, 1.807) is 0 Å². The average molecular weight is 269 g/mol. The lowest BCUT2D eigenvalue weighted by Gasteiger charge is -2.28. The summed E-state index contributed by atoms with van der Waals surface area (Å²) >= 11 is 0. The van der Waals surface area contributed by atoms with Crippen LogP contribution in [0.5, 0.6) is 0 Å². The van der Waals surface area contributed by atoms with Crippen molar-refractivity contribution in [1.29, 1.82) is 0 Å². The van der Waals surface area contributed by atoms with Crippen molar-refractivity contribution >= 4 is 11.6 Å². The minimum atomic E-state index is 0.769. The molecule has 0 amide bonds. The molecule has 20 heavy (non-hydrogen) atoms. The first-order valence-corrected chi connectivity index (χ1v) is 6.95. The summed E-state index contributed by atoms with van der Waals surface area (Å²) in [5.74, 6) is 2.61. The molecule has 2 heterocycles. The number of anilines is 2. The van der Waals surface area contributed by atoms with Gasteiger partial charge in [-0.1, -0.05) is 30.3 Å². The normalized spacial score (nSPS) is 15.2. The first-order chi connectivity index (χ1) is 9.86. The van der Waals surface area contributed by atoms with Crippen molar-refractivity contribution in [2.24, 2.45) is 0 Å². The molecule has 2 N–H and O–H groups in total. The predicted molar refractivity (Wildman–Crippen MR) is 82.1 cm³/mol. The monoisotopic (exact) mass is 269 g/mol. The second-order valence-electron chi connectivity index (χ2n) is 4.79. The first-order valence-electron chi connectivity index (χ1n) is 6.95. The van der Waals surface area contributed by atoms with Crippen LogP contribution in [0.1, 0.15) is 0 Å². The van der Waals surface area contributed by atoms with Crippen LogP contribution in [0, 0.1) is 0 Å². The third kappa shape index (κ3) is 2.72. The summed E-state index contributed by atoms with van der Waals surface area (Å²) in [6.45, 7) is 3.96. The number of benzene rings is 1. The summed E-state index contributed by atoms with van der Waals surface area (Å²) < 4.78 is 0. The zero-order chi connectivity index (χ0) is 13.8. The van der Waals surface area contributed by atoms with E-state index in [4.69, 9.17) is 4.98 Å². The molecule has 3 rings (SSSR count). The lowest BCUT2D eigenvalue weighted by atomic mass is 10.2. The number of rotatable bonds is 3. The molecule has 0 bridgehead atoms. The van der Waals surface area contributed by atoms with E-state index in [0.29, 0.717) is 0 Å². The van der Waals surface area contributed by atoms with Crippen molar-refractivity contribution in [1.82, 2.24) is 15.3 Å². The Hall–Kier alpha value is -2.14. The number of hydrogen-bond acceptors (Lipinski definition) is 5. The fourth-order valence-electron chi connectivity index (χ4n) is 2.33. The minimum absolute atomic E-state index is 0.769. The summed E-state index contributed by atoms with van der Waals surface area (Å²) in [4.78, 5) is 11.6. The number of piperazine rings is 1. The summed E-state index contributed by atoms with van der Waals surface area (Å²) in [6.07, 6.45) is 0. The van der Waals surface area contributed by atoms with Crippen LogP contribution in [0.3, 0.4) is 0 Å². The summed E-state index contributed by atoms with van der Waals surface area (Å²) in [5.41, 5.74) is 1.04. The molecule has 0 unspecified atom stereocenters. The van der Waals surface area contributed by atoms with Crippen LogP contribution in [0.4, 0.5) is 11.6 Å². The van der Waals surface area contributed by atoms with Crippen molar-refractivity contribution in [2.45, 2.75) is 0 Å². The zero-order valence-electron chi connectivity index (χ0n) is 11.6. The van der Waals surface area contributed by atoms with Crippen molar-refractivity contribution in [3.05, 3.63) is 36.4 Å². The number of hydrogen-bond donors (Lipinski definition) is 2. The van der Waals surface area contributed by atoms with Crippen LogP contribution >= 0.6 is 0 Å². The summed E-state index contributed by atoms with van der Waals surface area (Å²) in [7, 11) is 1.89. The smallest absolute Gasteiger partial charge is 0.163 e. The van der Waals surface area contributed by atoms with E-state index in [9.17, 15) is 0 Å². The maximum absolute atomic E-state index is 4.72. The van der Waals surface area contributed by atoms with Gasteiger partial charge in [-0.25, -0.2) is 9.97 Å². The van der Waals surface area contributed by atoms with Crippen molar-refractivity contribution in [2.75, 3.05) is 43.4 Å². The van der Waals surface area contributed by atoms with E-state index in [-0.39, 0.29) is 0 Å². The molecule has 0 saturated carbocycles. The van der Waals surface area contributed by atoms with Gasteiger partial charge >= 0.3 is 0 Å². The van der Waals surface area contributed by atoms with Gasteiger partial charge in [0.15, 0.2) is 5.82 Å². The Morgan fingerprint density at radius 3 is 2.55 bits per heavy atom. The van der Waals surface area contributed by atoms with Gasteiger partial charge in [-0.2, -0.15) is 0 Å². The lowest BCUT2D eigenvalue weighted by Crippen LogP contribution is -2.44. The third-order valence-corrected chi connectivity index (χ3v) is 3.44. The van der Waals surface area contributed by atoms with Gasteiger partial charge in [0.2, 0.25) is 0 Å². The van der Waals surface area contributed by atoms with Crippen LogP contribution in [0.2, 0.25) is 0 Å². The highest BCUT2D eigenvalue weighted by molar-refractivity contribution is 5.61. The van der Waals surface area contributed by atoms with Crippen LogP contribution < -0.4 is 15.5 Å². The molecule has 0 atom stereocenters. The molecule has 0 spiro atoms. The second-order valence-corrected chi connectivity index (χ2v) is 4.79. The minimum Gasteiger partial charge on any atom is -0.373 e. The van der Waals surface area contributed by atoms with Gasteiger partial charge in [0, 0.05) is 44.9 Å². The van der Waals surface area contributed by atoms with Crippen LogP contribution in [0.15, 0.2) is 36.4 Å². The quantitative estimate of drug-likeness (QED) is 0.886. The molecule has 0 aliphatic carbocycles. The Kier molecular flexibility index (Phi) is 3.78. The van der Waals surface area contributed by atoms with E-state index in [0.717, 1.165) is 49.2 Å². The van der Waals surface area contributed by atoms with Crippen molar-refractivity contribution < 1.29 is 0 Å². The van der Waals surface area contributed by atoms with Gasteiger partial charge in [0.05, 0.1) is 0 Å². The van der Waals surface area contributed by atoms with E-state index in [1.807, 2.05) is 43.4 Å². The number of nitrogens with zero attached hydrogens (tertiary/aromatic N) is 3. The molecule has 1 saturated heterocycles. The van der Waals surface area contributed by atoms with E-state index in [1.165, 1.54) is 0 Å². The molecular formula is C15H19N5. The number of aromatic nitrogens is 2. The molecule has 1 aromatic heterocycles.